The zero-order chi connectivity index (χ0) is 16.2. The van der Waals surface area contributed by atoms with Crippen LogP contribution in [0.4, 0.5) is 4.79 Å². The van der Waals surface area contributed by atoms with E-state index in [1.165, 1.54) is 12.5 Å². The second kappa shape index (κ2) is 7.29. The lowest BCUT2D eigenvalue weighted by Crippen LogP contribution is -2.51. The van der Waals surface area contributed by atoms with Gasteiger partial charge in [0.2, 0.25) is 0 Å². The monoisotopic (exact) mass is 337 g/mol. The molecule has 0 aromatic carbocycles. The first-order valence-corrected chi connectivity index (χ1v) is 9.23. The molecule has 2 fully saturated rings. The lowest BCUT2D eigenvalue weighted by molar-refractivity contribution is 0.0705. The molecular formula is C16H23N3O3S. The Morgan fingerprint density at radius 3 is 2.74 bits per heavy atom. The molecule has 3 amide bonds. The van der Waals surface area contributed by atoms with Crippen molar-refractivity contribution in [3.05, 3.63) is 24.2 Å². The summed E-state index contributed by atoms with van der Waals surface area (Å²) in [4.78, 5) is 28.2. The second-order valence-corrected chi connectivity index (χ2v) is 7.31. The molecule has 23 heavy (non-hydrogen) atoms. The number of urea groups is 1. The van der Waals surface area contributed by atoms with Crippen LogP contribution in [0.1, 0.15) is 29.6 Å². The summed E-state index contributed by atoms with van der Waals surface area (Å²) in [6.07, 6.45) is 5.65. The fourth-order valence-corrected chi connectivity index (χ4v) is 4.33. The molecule has 1 N–H and O–H groups in total. The van der Waals surface area contributed by atoms with Gasteiger partial charge in [-0.3, -0.25) is 4.79 Å². The second-order valence-electron chi connectivity index (χ2n) is 6.16. The number of furan rings is 1. The van der Waals surface area contributed by atoms with Crippen LogP contribution in [-0.4, -0.2) is 65.5 Å². The van der Waals surface area contributed by atoms with E-state index < -0.39 is 0 Å². The molecule has 2 aliphatic heterocycles. The molecule has 1 aromatic rings. The van der Waals surface area contributed by atoms with E-state index in [0.29, 0.717) is 24.7 Å². The van der Waals surface area contributed by atoms with E-state index in [1.807, 2.05) is 28.6 Å². The minimum Gasteiger partial charge on any atom is -0.472 e. The van der Waals surface area contributed by atoms with Gasteiger partial charge in [-0.2, -0.15) is 11.8 Å². The van der Waals surface area contributed by atoms with Crippen molar-refractivity contribution in [1.29, 1.82) is 0 Å². The van der Waals surface area contributed by atoms with Crippen molar-refractivity contribution in [3.63, 3.8) is 0 Å². The third kappa shape index (κ3) is 3.83. The van der Waals surface area contributed by atoms with Gasteiger partial charge in [-0.05, 0) is 31.1 Å². The minimum absolute atomic E-state index is 0.00336. The van der Waals surface area contributed by atoms with Crippen molar-refractivity contribution < 1.29 is 14.0 Å². The third-order valence-electron chi connectivity index (χ3n) is 4.65. The first-order chi connectivity index (χ1) is 11.1. The number of rotatable bonds is 3. The van der Waals surface area contributed by atoms with Gasteiger partial charge in [-0.25, -0.2) is 4.79 Å². The number of likely N-dealkylation sites (tertiary alicyclic amines) is 1. The molecule has 3 heterocycles. The van der Waals surface area contributed by atoms with Crippen LogP contribution in [0.2, 0.25) is 0 Å². The summed E-state index contributed by atoms with van der Waals surface area (Å²) in [5.41, 5.74) is 0.589. The van der Waals surface area contributed by atoms with Crippen LogP contribution >= 0.6 is 11.8 Å². The van der Waals surface area contributed by atoms with Crippen molar-refractivity contribution in [2.75, 3.05) is 31.6 Å². The number of piperidine rings is 1. The standard InChI is InChI=1S/C16H23N3O3S/c1-18(14-5-9-23-11-14)16(21)17-13-2-6-19(7-3-13)15(20)12-4-8-22-10-12/h4,8,10,13-14H,2-3,5-7,9,11H2,1H3,(H,17,21)/t14-/m1/s1. The summed E-state index contributed by atoms with van der Waals surface area (Å²) in [6.45, 7) is 1.33. The number of hydrogen-bond donors (Lipinski definition) is 1. The normalized spacial score (nSPS) is 22.1. The fraction of sp³-hybridized carbons (Fsp3) is 0.625. The number of amides is 3. The maximum absolute atomic E-state index is 12.3. The molecule has 0 radical (unpaired) electrons. The van der Waals surface area contributed by atoms with Crippen LogP contribution in [0.3, 0.4) is 0 Å². The highest BCUT2D eigenvalue weighted by molar-refractivity contribution is 7.99. The Morgan fingerprint density at radius 2 is 2.13 bits per heavy atom. The number of carbonyl (C=O) groups excluding carboxylic acids is 2. The largest absolute Gasteiger partial charge is 0.472 e. The lowest BCUT2D eigenvalue weighted by atomic mass is 10.0. The molecule has 0 spiro atoms. The topological polar surface area (TPSA) is 65.8 Å². The Morgan fingerprint density at radius 1 is 1.35 bits per heavy atom. The van der Waals surface area contributed by atoms with Gasteiger partial charge in [0.05, 0.1) is 11.8 Å². The molecule has 3 rings (SSSR count). The molecule has 6 nitrogen and oxygen atoms in total. The molecule has 1 aromatic heterocycles. The molecule has 1 atom stereocenters. The number of hydrogen-bond acceptors (Lipinski definition) is 4. The van der Waals surface area contributed by atoms with Crippen molar-refractivity contribution >= 4 is 23.7 Å². The number of carbonyl (C=O) groups is 2. The Hall–Kier alpha value is -1.63. The van der Waals surface area contributed by atoms with Crippen molar-refractivity contribution in [3.8, 4) is 0 Å². The van der Waals surface area contributed by atoms with Crippen LogP contribution in [0.5, 0.6) is 0 Å². The molecule has 0 unspecified atom stereocenters. The summed E-state index contributed by atoms with van der Waals surface area (Å²) in [5, 5.41) is 3.11. The zero-order valence-corrected chi connectivity index (χ0v) is 14.2. The molecule has 7 heteroatoms. The highest BCUT2D eigenvalue weighted by Gasteiger charge is 2.28. The average molecular weight is 337 g/mol. The third-order valence-corrected chi connectivity index (χ3v) is 5.80. The summed E-state index contributed by atoms with van der Waals surface area (Å²) < 4.78 is 4.96. The SMILES string of the molecule is CN(C(=O)NC1CCN(C(=O)c2ccoc2)CC1)[C@@H]1CCSC1. The van der Waals surface area contributed by atoms with Gasteiger partial charge >= 0.3 is 6.03 Å². The van der Waals surface area contributed by atoms with E-state index in [9.17, 15) is 9.59 Å². The molecule has 0 bridgehead atoms. The van der Waals surface area contributed by atoms with Gasteiger partial charge in [0, 0.05) is 38.0 Å². The highest BCUT2D eigenvalue weighted by atomic mass is 32.2. The summed E-state index contributed by atoms with van der Waals surface area (Å²) in [5.74, 6) is 2.17. The fourth-order valence-electron chi connectivity index (χ4n) is 3.07. The molecule has 2 saturated heterocycles. The quantitative estimate of drug-likeness (QED) is 0.916. The molecular weight excluding hydrogens is 314 g/mol. The number of thioether (sulfide) groups is 1. The van der Waals surface area contributed by atoms with Crippen LogP contribution in [0.15, 0.2) is 23.0 Å². The average Bonchev–Trinajstić information content (AvgIpc) is 3.27. The number of nitrogens with zero attached hydrogens (tertiary/aromatic N) is 2. The van der Waals surface area contributed by atoms with Crippen LogP contribution in [-0.2, 0) is 0 Å². The summed E-state index contributed by atoms with van der Waals surface area (Å²) >= 11 is 1.90. The van der Waals surface area contributed by atoms with E-state index in [1.54, 1.807) is 6.07 Å². The van der Waals surface area contributed by atoms with Crippen molar-refractivity contribution in [2.24, 2.45) is 0 Å². The van der Waals surface area contributed by atoms with Crippen molar-refractivity contribution in [2.45, 2.75) is 31.3 Å². The molecule has 0 saturated carbocycles. The lowest BCUT2D eigenvalue weighted by Gasteiger charge is -2.34. The van der Waals surface area contributed by atoms with E-state index in [4.69, 9.17) is 4.42 Å². The minimum atomic E-state index is 0.00336. The van der Waals surface area contributed by atoms with E-state index in [0.717, 1.165) is 30.8 Å². The molecule has 2 aliphatic rings. The van der Waals surface area contributed by atoms with Crippen LogP contribution in [0.25, 0.3) is 0 Å². The van der Waals surface area contributed by atoms with Gasteiger partial charge in [0.1, 0.15) is 6.26 Å². The Kier molecular flexibility index (Phi) is 5.15. The molecule has 0 aliphatic carbocycles. The maximum Gasteiger partial charge on any atom is 0.317 e. The summed E-state index contributed by atoms with van der Waals surface area (Å²) in [7, 11) is 1.88. The van der Waals surface area contributed by atoms with Gasteiger partial charge in [-0.15, -0.1) is 0 Å². The van der Waals surface area contributed by atoms with Crippen LogP contribution < -0.4 is 5.32 Å². The van der Waals surface area contributed by atoms with E-state index in [-0.39, 0.29) is 18.0 Å². The van der Waals surface area contributed by atoms with Crippen LogP contribution in [0, 0.1) is 0 Å². The number of nitrogens with one attached hydrogen (secondary N) is 1. The predicted octanol–water partition coefficient (Wildman–Crippen LogP) is 2.03. The van der Waals surface area contributed by atoms with E-state index >= 15 is 0 Å². The zero-order valence-electron chi connectivity index (χ0n) is 13.4. The summed E-state index contributed by atoms with van der Waals surface area (Å²) in [6, 6.07) is 2.19. The Bertz CT molecular complexity index is 535. The van der Waals surface area contributed by atoms with Gasteiger partial charge in [0.25, 0.3) is 5.91 Å². The van der Waals surface area contributed by atoms with E-state index in [2.05, 4.69) is 5.32 Å². The predicted molar refractivity (Wildman–Crippen MR) is 89.7 cm³/mol. The Balaban J connectivity index is 1.45. The van der Waals surface area contributed by atoms with Crippen molar-refractivity contribution in [1.82, 2.24) is 15.1 Å². The van der Waals surface area contributed by atoms with Gasteiger partial charge < -0.3 is 19.5 Å². The first-order valence-electron chi connectivity index (χ1n) is 8.07. The highest BCUT2D eigenvalue weighted by Crippen LogP contribution is 2.21. The van der Waals surface area contributed by atoms with Gasteiger partial charge in [-0.1, -0.05) is 0 Å². The molecule has 126 valence electrons. The first kappa shape index (κ1) is 16.2. The maximum atomic E-state index is 12.3. The smallest absolute Gasteiger partial charge is 0.317 e. The Labute approximate surface area is 140 Å². The van der Waals surface area contributed by atoms with Gasteiger partial charge in [0.15, 0.2) is 0 Å².